The van der Waals surface area contributed by atoms with E-state index in [4.69, 9.17) is 4.74 Å². The van der Waals surface area contributed by atoms with Crippen LogP contribution < -0.4 is 10.6 Å². The van der Waals surface area contributed by atoms with Crippen LogP contribution in [0, 0.1) is 11.3 Å². The fourth-order valence-electron chi connectivity index (χ4n) is 9.89. The average Bonchev–Trinajstić information content (AvgIpc) is 3.68. The van der Waals surface area contributed by atoms with Crippen molar-refractivity contribution in [1.29, 1.82) is 5.26 Å². The number of carbonyl (C=O) groups is 3. The molecule has 0 bridgehead atoms. The van der Waals surface area contributed by atoms with E-state index in [0.717, 1.165) is 80.9 Å². The first-order chi connectivity index (χ1) is 32.2. The number of benzene rings is 5. The maximum atomic E-state index is 13.3. The van der Waals surface area contributed by atoms with Crippen molar-refractivity contribution in [2.24, 2.45) is 0 Å². The molecule has 0 N–H and O–H groups in total. The van der Waals surface area contributed by atoms with Gasteiger partial charge in [0.15, 0.2) is 0 Å². The average molecular weight is 887 g/mol. The fraction of sp³-hybridized carbons (Fsp3) is 0.364. The number of esters is 1. The highest BCUT2D eigenvalue weighted by molar-refractivity contribution is 6.02. The smallest absolute Gasteiger partial charge is 0.336 e. The molecule has 5 aromatic carbocycles. The molecule has 2 fully saturated rings. The van der Waals surface area contributed by atoms with Gasteiger partial charge in [-0.1, -0.05) is 135 Å². The van der Waals surface area contributed by atoms with E-state index in [9.17, 15) is 24.4 Å². The number of imidazole rings is 1. The van der Waals surface area contributed by atoms with Gasteiger partial charge in [0.05, 0.1) is 24.2 Å². The maximum Gasteiger partial charge on any atom is 0.336 e. The van der Waals surface area contributed by atoms with Crippen molar-refractivity contribution in [2.75, 3.05) is 51.3 Å². The molecule has 1 amide bonds. The Hall–Kier alpha value is -6.61. The molecule has 0 saturated carbocycles. The van der Waals surface area contributed by atoms with Crippen LogP contribution in [-0.2, 0) is 26.2 Å². The summed E-state index contributed by atoms with van der Waals surface area (Å²) in [5.74, 6) is -0.558. The zero-order chi connectivity index (χ0) is 46.5. The SMILES string of the molecule is CCC(=O)N(c1ccccc1)C1(C(=O)OC)CCN(CCc2ccccc2)CC1.CCC(=O)n1c(=O)n(C2CCN(CCC(C#N)(c3ccccc3)c3ccccc3)CC2)c2ccccc21. The Morgan fingerprint density at radius 1 is 0.697 bits per heavy atom. The number of nitrogens with zero attached hydrogens (tertiary/aromatic N) is 6. The van der Waals surface area contributed by atoms with Gasteiger partial charge in [-0.15, -0.1) is 0 Å². The highest BCUT2D eigenvalue weighted by Gasteiger charge is 2.49. The lowest BCUT2D eigenvalue weighted by molar-refractivity contribution is -0.151. The third kappa shape index (κ3) is 10.1. The topological polar surface area (TPSA) is 121 Å². The molecule has 0 unspecified atom stereocenters. The second-order valence-electron chi connectivity index (χ2n) is 17.3. The molecule has 0 aliphatic carbocycles. The third-order valence-electron chi connectivity index (χ3n) is 13.6. The number of hydrogen-bond acceptors (Lipinski definition) is 8. The fourth-order valence-corrected chi connectivity index (χ4v) is 9.89. The van der Waals surface area contributed by atoms with Gasteiger partial charge in [0.1, 0.15) is 11.0 Å². The molecular weight excluding hydrogens is 825 g/mol. The molecule has 3 heterocycles. The number of ether oxygens (including phenoxy) is 1. The number of amides is 1. The van der Waals surface area contributed by atoms with Crippen LogP contribution in [0.25, 0.3) is 11.0 Å². The van der Waals surface area contributed by atoms with Crippen LogP contribution in [0.15, 0.2) is 150 Å². The third-order valence-corrected chi connectivity index (χ3v) is 13.6. The molecule has 66 heavy (non-hydrogen) atoms. The van der Waals surface area contributed by atoms with E-state index in [1.165, 1.54) is 17.2 Å². The summed E-state index contributed by atoms with van der Waals surface area (Å²) in [7, 11) is 1.41. The minimum Gasteiger partial charge on any atom is -0.467 e. The van der Waals surface area contributed by atoms with Gasteiger partial charge in [0.25, 0.3) is 0 Å². The van der Waals surface area contributed by atoms with Crippen molar-refractivity contribution < 1.29 is 19.1 Å². The van der Waals surface area contributed by atoms with Crippen LogP contribution in [-0.4, -0.2) is 88.6 Å². The number of nitriles is 1. The van der Waals surface area contributed by atoms with E-state index in [1.54, 1.807) is 11.8 Å². The van der Waals surface area contributed by atoms with E-state index < -0.39 is 11.0 Å². The van der Waals surface area contributed by atoms with Crippen molar-refractivity contribution in [1.82, 2.24) is 18.9 Å². The Labute approximate surface area is 388 Å². The second-order valence-corrected chi connectivity index (χ2v) is 17.3. The van der Waals surface area contributed by atoms with Gasteiger partial charge in [0.2, 0.25) is 11.8 Å². The molecule has 2 saturated heterocycles. The summed E-state index contributed by atoms with van der Waals surface area (Å²) in [6.45, 7) is 8.52. The Morgan fingerprint density at radius 3 is 1.74 bits per heavy atom. The van der Waals surface area contributed by atoms with Crippen molar-refractivity contribution in [3.05, 3.63) is 173 Å². The summed E-state index contributed by atoms with van der Waals surface area (Å²) in [6.07, 6.45) is 5.06. The van der Waals surface area contributed by atoms with E-state index in [0.29, 0.717) is 31.2 Å². The number of piperidine rings is 2. The molecule has 0 spiro atoms. The van der Waals surface area contributed by atoms with Gasteiger partial charge in [-0.05, 0) is 79.5 Å². The van der Waals surface area contributed by atoms with Crippen LogP contribution in [0.2, 0.25) is 0 Å². The van der Waals surface area contributed by atoms with Crippen molar-refractivity contribution >= 4 is 34.5 Å². The normalized spacial score (nSPS) is 15.5. The van der Waals surface area contributed by atoms with Gasteiger partial charge in [-0.25, -0.2) is 14.2 Å². The predicted molar refractivity (Wildman–Crippen MR) is 261 cm³/mol. The summed E-state index contributed by atoms with van der Waals surface area (Å²) in [6, 6.07) is 50.3. The number of fused-ring (bicyclic) bond motifs is 1. The first-order valence-corrected chi connectivity index (χ1v) is 23.4. The van der Waals surface area contributed by atoms with E-state index in [2.05, 4.69) is 40.1 Å². The molecule has 11 nitrogen and oxygen atoms in total. The Balaban J connectivity index is 0.000000203. The van der Waals surface area contributed by atoms with E-state index in [1.807, 2.05) is 133 Å². The largest absolute Gasteiger partial charge is 0.467 e. The molecule has 1 aromatic heterocycles. The number of likely N-dealkylation sites (tertiary alicyclic amines) is 2. The standard InChI is InChI=1S/C31H32N4O2.C24H30N2O3/c1-2-29(36)35-28-16-10-9-15-27(28)34(30(35)37)26-17-20-33(21-18-26)22-19-31(23-32,24-11-5-3-6-12-24)25-13-7-4-8-14-25;1-3-22(27)26(21-12-8-5-9-13-21)24(23(28)29-2)15-18-25(19-16-24)17-14-20-10-6-4-7-11-20/h3-16,26H,2,17-22H2,1H3;4-13H,3,14-19H2,1-2H3. The highest BCUT2D eigenvalue weighted by Crippen LogP contribution is 2.37. The molecule has 2 aliphatic heterocycles. The van der Waals surface area contributed by atoms with Crippen LogP contribution in [0.3, 0.4) is 0 Å². The number of carbonyl (C=O) groups excluding carboxylic acids is 3. The zero-order valence-electron chi connectivity index (χ0n) is 38.6. The van der Waals surface area contributed by atoms with Crippen molar-refractivity contribution in [2.45, 2.75) is 82.2 Å². The summed E-state index contributed by atoms with van der Waals surface area (Å²) in [5, 5.41) is 10.5. The quantitative estimate of drug-likeness (QED) is 0.0995. The number of rotatable bonds is 14. The van der Waals surface area contributed by atoms with Crippen LogP contribution in [0.1, 0.15) is 86.3 Å². The molecular formula is C55H62N6O5. The summed E-state index contributed by atoms with van der Waals surface area (Å²) in [4.78, 5) is 58.3. The minimum atomic E-state index is -0.952. The predicted octanol–water partition coefficient (Wildman–Crippen LogP) is 9.07. The number of aromatic nitrogens is 2. The number of anilines is 1. The molecule has 8 rings (SSSR count). The Bertz CT molecular complexity index is 2590. The van der Waals surface area contributed by atoms with Crippen LogP contribution >= 0.6 is 0 Å². The minimum absolute atomic E-state index is 0.0449. The first-order valence-electron chi connectivity index (χ1n) is 23.4. The second kappa shape index (κ2) is 22.1. The molecule has 2 aliphatic rings. The molecule has 11 heteroatoms. The molecule has 342 valence electrons. The summed E-state index contributed by atoms with van der Waals surface area (Å²) < 4.78 is 8.37. The van der Waals surface area contributed by atoms with Gasteiger partial charge in [-0.2, -0.15) is 5.26 Å². The van der Waals surface area contributed by atoms with Crippen molar-refractivity contribution in [3.8, 4) is 6.07 Å². The lowest BCUT2D eigenvalue weighted by atomic mass is 9.73. The van der Waals surface area contributed by atoms with Gasteiger partial charge in [0, 0.05) is 63.8 Å². The molecule has 0 atom stereocenters. The lowest BCUT2D eigenvalue weighted by Crippen LogP contribution is -2.62. The number of methoxy groups -OCH3 is 1. The highest BCUT2D eigenvalue weighted by atomic mass is 16.5. The zero-order valence-corrected chi connectivity index (χ0v) is 38.6. The summed E-state index contributed by atoms with van der Waals surface area (Å²) in [5.41, 5.74) is 3.69. The molecule has 6 aromatic rings. The molecule has 0 radical (unpaired) electrons. The first kappa shape index (κ1) is 47.4. The number of para-hydroxylation sites is 3. The Morgan fingerprint density at radius 2 is 1.21 bits per heavy atom. The monoisotopic (exact) mass is 886 g/mol. The van der Waals surface area contributed by atoms with Crippen molar-refractivity contribution in [3.63, 3.8) is 0 Å². The maximum absolute atomic E-state index is 13.3. The Kier molecular flexibility index (Phi) is 15.8. The van der Waals surface area contributed by atoms with Gasteiger partial charge in [-0.3, -0.25) is 19.1 Å². The van der Waals surface area contributed by atoms with Gasteiger partial charge < -0.3 is 14.5 Å². The van der Waals surface area contributed by atoms with Crippen LogP contribution in [0.5, 0.6) is 0 Å². The number of hydrogen-bond donors (Lipinski definition) is 0. The van der Waals surface area contributed by atoms with Gasteiger partial charge >= 0.3 is 11.7 Å². The van der Waals surface area contributed by atoms with Crippen LogP contribution in [0.4, 0.5) is 5.69 Å². The lowest BCUT2D eigenvalue weighted by Gasteiger charge is -2.46. The van der Waals surface area contributed by atoms with E-state index in [-0.39, 0.29) is 35.9 Å². The van der Waals surface area contributed by atoms with E-state index >= 15 is 0 Å². The summed E-state index contributed by atoms with van der Waals surface area (Å²) >= 11 is 0.